The molecule has 0 amide bonds. The SMILES string of the molecule is Cc1ccc(C(C(=O)c2ccc(C(C)(C)C)cc2)C(C)C)cc1. The third-order valence-electron chi connectivity index (χ3n) is 4.42. The van der Waals surface area contributed by atoms with Crippen LogP contribution in [0.2, 0.25) is 0 Å². The molecule has 1 unspecified atom stereocenters. The molecule has 0 fully saturated rings. The van der Waals surface area contributed by atoms with Crippen molar-refractivity contribution >= 4 is 5.78 Å². The fourth-order valence-electron chi connectivity index (χ4n) is 2.93. The molecule has 1 heteroatoms. The van der Waals surface area contributed by atoms with Gasteiger partial charge in [-0.2, -0.15) is 0 Å². The second kappa shape index (κ2) is 6.70. The number of ketones is 1. The minimum Gasteiger partial charge on any atom is -0.293 e. The summed E-state index contributed by atoms with van der Waals surface area (Å²) in [6, 6.07) is 16.5. The van der Waals surface area contributed by atoms with Gasteiger partial charge >= 0.3 is 0 Å². The molecule has 0 saturated heterocycles. The topological polar surface area (TPSA) is 17.1 Å². The van der Waals surface area contributed by atoms with E-state index in [1.54, 1.807) is 0 Å². The van der Waals surface area contributed by atoms with Crippen LogP contribution in [-0.4, -0.2) is 5.78 Å². The van der Waals surface area contributed by atoms with Gasteiger partial charge < -0.3 is 0 Å². The first-order chi connectivity index (χ1) is 10.7. The fraction of sp³-hybridized carbons (Fsp3) is 0.409. The highest BCUT2D eigenvalue weighted by molar-refractivity contribution is 6.01. The lowest BCUT2D eigenvalue weighted by atomic mass is 9.81. The molecule has 0 radical (unpaired) electrons. The first-order valence-electron chi connectivity index (χ1n) is 8.41. The van der Waals surface area contributed by atoms with Crippen LogP contribution < -0.4 is 0 Å². The van der Waals surface area contributed by atoms with Crippen molar-refractivity contribution in [3.63, 3.8) is 0 Å². The van der Waals surface area contributed by atoms with Crippen molar-refractivity contribution in [2.24, 2.45) is 5.92 Å². The summed E-state index contributed by atoms with van der Waals surface area (Å²) in [5, 5.41) is 0. The van der Waals surface area contributed by atoms with Crippen LogP contribution in [0.1, 0.15) is 67.6 Å². The molecule has 0 bridgehead atoms. The summed E-state index contributed by atoms with van der Waals surface area (Å²) in [6.07, 6.45) is 0. The number of carbonyl (C=O) groups excluding carboxylic acids is 1. The van der Waals surface area contributed by atoms with Crippen molar-refractivity contribution in [1.29, 1.82) is 0 Å². The number of rotatable bonds is 4. The van der Waals surface area contributed by atoms with Crippen LogP contribution in [0.3, 0.4) is 0 Å². The first kappa shape index (κ1) is 17.5. The average molecular weight is 308 g/mol. The summed E-state index contributed by atoms with van der Waals surface area (Å²) in [5.74, 6) is 0.396. The van der Waals surface area contributed by atoms with Gasteiger partial charge in [-0.05, 0) is 29.4 Å². The molecule has 0 saturated carbocycles. The fourth-order valence-corrected chi connectivity index (χ4v) is 2.93. The van der Waals surface area contributed by atoms with Crippen LogP contribution in [0.4, 0.5) is 0 Å². The Hall–Kier alpha value is -1.89. The van der Waals surface area contributed by atoms with Crippen LogP contribution in [0, 0.1) is 12.8 Å². The number of benzene rings is 2. The summed E-state index contributed by atoms with van der Waals surface area (Å²) >= 11 is 0. The molecule has 0 spiro atoms. The van der Waals surface area contributed by atoms with E-state index in [4.69, 9.17) is 0 Å². The van der Waals surface area contributed by atoms with Crippen molar-refractivity contribution < 1.29 is 4.79 Å². The Morgan fingerprint density at radius 1 is 0.870 bits per heavy atom. The maximum Gasteiger partial charge on any atom is 0.170 e. The minimum atomic E-state index is -0.0870. The zero-order chi connectivity index (χ0) is 17.2. The number of Topliss-reactive ketones (excluding diaryl/α,β-unsaturated/α-hetero) is 1. The molecule has 122 valence electrons. The second-order valence-corrected chi connectivity index (χ2v) is 7.82. The lowest BCUT2D eigenvalue weighted by molar-refractivity contribution is 0.0938. The molecule has 2 aromatic carbocycles. The average Bonchev–Trinajstić information content (AvgIpc) is 2.48. The molecule has 1 nitrogen and oxygen atoms in total. The van der Waals surface area contributed by atoms with Crippen molar-refractivity contribution in [1.82, 2.24) is 0 Å². The molecular weight excluding hydrogens is 280 g/mol. The molecule has 0 aromatic heterocycles. The van der Waals surface area contributed by atoms with E-state index in [-0.39, 0.29) is 23.0 Å². The Balaban J connectivity index is 2.33. The summed E-state index contributed by atoms with van der Waals surface area (Å²) in [5.41, 5.74) is 4.49. The quantitative estimate of drug-likeness (QED) is 0.641. The van der Waals surface area contributed by atoms with Gasteiger partial charge in [-0.25, -0.2) is 0 Å². The van der Waals surface area contributed by atoms with Gasteiger partial charge in [-0.15, -0.1) is 0 Å². The van der Waals surface area contributed by atoms with Crippen molar-refractivity contribution in [3.8, 4) is 0 Å². The van der Waals surface area contributed by atoms with Crippen LogP contribution >= 0.6 is 0 Å². The lowest BCUT2D eigenvalue weighted by Gasteiger charge is -2.22. The normalized spacial score (nSPS) is 13.2. The predicted molar refractivity (Wildman–Crippen MR) is 98.2 cm³/mol. The monoisotopic (exact) mass is 308 g/mol. The highest BCUT2D eigenvalue weighted by atomic mass is 16.1. The van der Waals surface area contributed by atoms with Gasteiger partial charge in [0.1, 0.15) is 0 Å². The van der Waals surface area contributed by atoms with E-state index in [1.807, 2.05) is 12.1 Å². The Morgan fingerprint density at radius 2 is 1.39 bits per heavy atom. The van der Waals surface area contributed by atoms with E-state index < -0.39 is 0 Å². The number of hydrogen-bond acceptors (Lipinski definition) is 1. The Kier molecular flexibility index (Phi) is 5.09. The van der Waals surface area contributed by atoms with Crippen molar-refractivity contribution in [3.05, 3.63) is 70.8 Å². The Labute approximate surface area is 140 Å². The third kappa shape index (κ3) is 4.10. The number of aryl methyl sites for hydroxylation is 1. The van der Waals surface area contributed by atoms with Crippen LogP contribution in [0.25, 0.3) is 0 Å². The largest absolute Gasteiger partial charge is 0.293 e. The van der Waals surface area contributed by atoms with E-state index in [2.05, 4.69) is 77.9 Å². The van der Waals surface area contributed by atoms with E-state index in [9.17, 15) is 4.79 Å². The van der Waals surface area contributed by atoms with Gasteiger partial charge in [-0.3, -0.25) is 4.79 Å². The molecule has 0 aliphatic heterocycles. The maximum absolute atomic E-state index is 13.0. The van der Waals surface area contributed by atoms with E-state index in [0.717, 1.165) is 11.1 Å². The zero-order valence-electron chi connectivity index (χ0n) is 15.2. The van der Waals surface area contributed by atoms with Gasteiger partial charge in [0.05, 0.1) is 0 Å². The van der Waals surface area contributed by atoms with Gasteiger partial charge in [0, 0.05) is 11.5 Å². The van der Waals surface area contributed by atoms with Crippen LogP contribution in [-0.2, 0) is 5.41 Å². The van der Waals surface area contributed by atoms with Gasteiger partial charge in [0.2, 0.25) is 0 Å². The van der Waals surface area contributed by atoms with E-state index in [0.29, 0.717) is 0 Å². The first-order valence-corrected chi connectivity index (χ1v) is 8.41. The van der Waals surface area contributed by atoms with Crippen molar-refractivity contribution in [2.45, 2.75) is 52.9 Å². The molecule has 1 atom stereocenters. The predicted octanol–water partition coefficient (Wildman–Crippen LogP) is 5.92. The summed E-state index contributed by atoms with van der Waals surface area (Å²) in [4.78, 5) is 13.0. The van der Waals surface area contributed by atoms with E-state index >= 15 is 0 Å². The van der Waals surface area contributed by atoms with E-state index in [1.165, 1.54) is 11.1 Å². The minimum absolute atomic E-state index is 0.0870. The molecule has 0 heterocycles. The molecule has 2 aromatic rings. The summed E-state index contributed by atoms with van der Waals surface area (Å²) in [7, 11) is 0. The molecule has 2 rings (SSSR count). The zero-order valence-corrected chi connectivity index (χ0v) is 15.2. The highest BCUT2D eigenvalue weighted by Gasteiger charge is 2.25. The highest BCUT2D eigenvalue weighted by Crippen LogP contribution is 2.30. The summed E-state index contributed by atoms with van der Waals surface area (Å²) < 4.78 is 0. The Morgan fingerprint density at radius 3 is 1.83 bits per heavy atom. The molecule has 0 aliphatic carbocycles. The second-order valence-electron chi connectivity index (χ2n) is 7.82. The van der Waals surface area contributed by atoms with Crippen LogP contribution in [0.5, 0.6) is 0 Å². The molecule has 0 aliphatic rings. The Bertz CT molecular complexity index is 655. The maximum atomic E-state index is 13.0. The van der Waals surface area contributed by atoms with Crippen molar-refractivity contribution in [2.75, 3.05) is 0 Å². The summed E-state index contributed by atoms with van der Waals surface area (Å²) in [6.45, 7) is 12.9. The number of hydrogen-bond donors (Lipinski definition) is 0. The molecule has 0 N–H and O–H groups in total. The number of carbonyl (C=O) groups is 1. The smallest absolute Gasteiger partial charge is 0.170 e. The van der Waals surface area contributed by atoms with Gasteiger partial charge in [0.15, 0.2) is 5.78 Å². The van der Waals surface area contributed by atoms with Crippen LogP contribution in [0.15, 0.2) is 48.5 Å². The molecular formula is C22H28O. The van der Waals surface area contributed by atoms with Gasteiger partial charge in [0.25, 0.3) is 0 Å². The third-order valence-corrected chi connectivity index (χ3v) is 4.42. The van der Waals surface area contributed by atoms with Gasteiger partial charge in [-0.1, -0.05) is 88.7 Å². The standard InChI is InChI=1S/C22H28O/c1-15(2)20(17-9-7-16(3)8-10-17)21(23)18-11-13-19(14-12-18)22(4,5)6/h7-15,20H,1-6H3. The lowest BCUT2D eigenvalue weighted by Crippen LogP contribution is -2.19. The molecule has 23 heavy (non-hydrogen) atoms.